The molecule has 4 aromatic carbocycles. The number of rotatable bonds is 3. The second kappa shape index (κ2) is 19.9. The number of para-hydroxylation sites is 4. The maximum atomic E-state index is 14.5. The number of carbonyl (C=O) groups is 4. The third-order valence-corrected chi connectivity index (χ3v) is 14.3. The maximum Gasteiger partial charge on any atom is 0.239 e. The number of H-pyrrole nitrogens is 2. The standard InChI is InChI=1S/C58H50ClN11O4/c59-31-51(71)64-39-13-5-1-9-35(39)55-43-17-19-45(60-43)56-36-10-2-6-14-40(36)65-52(72)32-68-25-26-69-28-30-70(29-27-68)34-54(74)67-42-16-8-4-12-38(42)58(49-23-21-47(56)62-49)50-24-22-48(63-50)57(46-20-18-44(55)61-46)37-11-3-7-15-41(37)66-53(73)33-69/h1-24,60-61H,25-34H2,(H,64,71)(H,65,72)(H,66,73)(H,67,74). The van der Waals surface area contributed by atoms with Crippen LogP contribution in [0.5, 0.6) is 0 Å². The van der Waals surface area contributed by atoms with Crippen LogP contribution in [-0.4, -0.2) is 123 Å². The van der Waals surface area contributed by atoms with Crippen LogP contribution in [0.25, 0.3) is 90.9 Å². The number of carbonyl (C=O) groups excluding carboxylic acids is 4. The lowest BCUT2D eigenvalue weighted by Gasteiger charge is -2.25. The van der Waals surface area contributed by atoms with E-state index in [0.717, 1.165) is 22.3 Å². The highest BCUT2D eigenvalue weighted by molar-refractivity contribution is 6.29. The van der Waals surface area contributed by atoms with Gasteiger partial charge in [0.15, 0.2) is 0 Å². The first-order valence-electron chi connectivity index (χ1n) is 24.7. The largest absolute Gasteiger partial charge is 0.354 e. The van der Waals surface area contributed by atoms with Gasteiger partial charge < -0.3 is 31.2 Å². The Bertz CT molecular complexity index is 3520. The van der Waals surface area contributed by atoms with E-state index in [4.69, 9.17) is 21.6 Å². The number of aromatic nitrogens is 4. The van der Waals surface area contributed by atoms with Crippen LogP contribution >= 0.6 is 11.6 Å². The molecule has 5 aliphatic rings. The Morgan fingerprint density at radius 2 is 0.784 bits per heavy atom. The Morgan fingerprint density at radius 3 is 1.19 bits per heavy atom. The second-order valence-corrected chi connectivity index (χ2v) is 19.1. The fraction of sp³-hybridized carbons (Fsp3) is 0.172. The van der Waals surface area contributed by atoms with Crippen molar-refractivity contribution in [1.82, 2.24) is 34.6 Å². The Kier molecular flexibility index (Phi) is 12.5. The normalized spacial score (nSPS) is 18.4. The molecule has 4 amide bonds. The van der Waals surface area contributed by atoms with Gasteiger partial charge in [-0.1, -0.05) is 72.8 Å². The first-order valence-corrected chi connectivity index (χ1v) is 25.2. The number of halogens is 1. The van der Waals surface area contributed by atoms with E-state index in [1.807, 2.05) is 146 Å². The lowest BCUT2D eigenvalue weighted by molar-refractivity contribution is -0.118. The van der Waals surface area contributed by atoms with E-state index in [9.17, 15) is 19.2 Å². The van der Waals surface area contributed by atoms with Gasteiger partial charge in [0, 0.05) is 129 Å². The third kappa shape index (κ3) is 9.18. The van der Waals surface area contributed by atoms with Crippen LogP contribution in [0, 0.1) is 0 Å². The van der Waals surface area contributed by atoms with Crippen LogP contribution in [-0.2, 0) is 19.2 Å². The summed E-state index contributed by atoms with van der Waals surface area (Å²) in [6.07, 6.45) is 7.88. The lowest BCUT2D eigenvalue weighted by atomic mass is 10.00. The fourth-order valence-corrected chi connectivity index (χ4v) is 10.7. The highest BCUT2D eigenvalue weighted by Gasteiger charge is 2.27. The minimum absolute atomic E-state index is 0.0667. The van der Waals surface area contributed by atoms with Gasteiger partial charge in [-0.15, -0.1) is 11.6 Å². The summed E-state index contributed by atoms with van der Waals surface area (Å²) in [4.78, 5) is 81.2. The summed E-state index contributed by atoms with van der Waals surface area (Å²) >= 11 is 6.09. The SMILES string of the molecule is O=C1CN2CCN3CCN(CC2)CC(=O)Nc2ccccc2-c2c4nc(c(c5nc(c(c6ccc([nH]6)c(-c6ccccc6NC(=O)CCl)c6ccc2[nH]6)-c2ccccc2NC(=O)C3)C=C5)-c2ccccc2N1)C=C4. The quantitative estimate of drug-likeness (QED) is 0.0940. The van der Waals surface area contributed by atoms with Gasteiger partial charge >= 0.3 is 0 Å². The molecule has 14 bridgehead atoms. The number of amides is 4. The molecule has 2 atom stereocenters. The zero-order chi connectivity index (χ0) is 50.3. The summed E-state index contributed by atoms with van der Waals surface area (Å²) < 4.78 is 0. The van der Waals surface area contributed by atoms with Crippen molar-refractivity contribution < 1.29 is 19.2 Å². The highest BCUT2D eigenvalue weighted by atomic mass is 35.5. The number of anilines is 4. The average Bonchev–Trinajstić information content (AvgIpc) is 4.26. The monoisotopic (exact) mass is 999 g/mol. The minimum Gasteiger partial charge on any atom is -0.354 e. The first kappa shape index (κ1) is 46.6. The van der Waals surface area contributed by atoms with Crippen LogP contribution in [0.2, 0.25) is 0 Å². The predicted molar refractivity (Wildman–Crippen MR) is 295 cm³/mol. The van der Waals surface area contributed by atoms with Gasteiger partial charge in [0.05, 0.1) is 42.4 Å². The predicted octanol–water partition coefficient (Wildman–Crippen LogP) is 9.26. The van der Waals surface area contributed by atoms with Gasteiger partial charge in [-0.05, 0) is 72.8 Å². The molecule has 6 N–H and O–H groups in total. The van der Waals surface area contributed by atoms with E-state index < -0.39 is 0 Å². The topological polar surface area (TPSA) is 183 Å². The number of alkyl halides is 1. The number of hydrogen-bond donors (Lipinski definition) is 6. The number of benzene rings is 4. The van der Waals surface area contributed by atoms with Crippen molar-refractivity contribution in [2.45, 2.75) is 0 Å². The maximum absolute atomic E-state index is 14.5. The van der Waals surface area contributed by atoms with Crippen molar-refractivity contribution in [2.75, 3.05) is 86.0 Å². The van der Waals surface area contributed by atoms with Gasteiger partial charge in [-0.2, -0.15) is 0 Å². The van der Waals surface area contributed by atoms with Gasteiger partial charge in [-0.3, -0.25) is 33.9 Å². The molecule has 15 nitrogen and oxygen atoms in total. The molecule has 0 saturated carbocycles. The minimum atomic E-state index is -0.360. The van der Waals surface area contributed by atoms with E-state index in [-0.39, 0.29) is 49.1 Å². The molecule has 0 radical (unpaired) electrons. The van der Waals surface area contributed by atoms with Crippen LogP contribution in [0.15, 0.2) is 121 Å². The summed E-state index contributed by atoms with van der Waals surface area (Å²) in [5.41, 5.74) is 13.3. The molecule has 0 aliphatic carbocycles. The highest BCUT2D eigenvalue weighted by Crippen LogP contribution is 2.43. The molecule has 2 unspecified atom stereocenters. The van der Waals surface area contributed by atoms with Crippen molar-refractivity contribution in [3.8, 4) is 44.5 Å². The molecule has 368 valence electrons. The molecule has 3 aromatic heterocycles. The molecule has 8 heterocycles. The molecular formula is C58H50ClN11O4. The molecule has 5 aliphatic heterocycles. The third-order valence-electron chi connectivity index (χ3n) is 14.1. The lowest BCUT2D eigenvalue weighted by Crippen LogP contribution is -2.42. The zero-order valence-electron chi connectivity index (χ0n) is 40.2. The van der Waals surface area contributed by atoms with E-state index >= 15 is 0 Å². The Labute approximate surface area is 431 Å². The summed E-state index contributed by atoms with van der Waals surface area (Å²) in [5, 5.41) is 12.8. The van der Waals surface area contributed by atoms with E-state index in [1.165, 1.54) is 0 Å². The van der Waals surface area contributed by atoms with E-state index in [2.05, 4.69) is 45.9 Å². The fourth-order valence-electron chi connectivity index (χ4n) is 10.6. The number of aromatic amines is 2. The Balaban J connectivity index is 1.26. The molecule has 12 rings (SSSR count). The molecule has 7 aromatic rings. The van der Waals surface area contributed by atoms with E-state index in [0.29, 0.717) is 129 Å². The molecule has 0 spiro atoms. The summed E-state index contributed by atoms with van der Waals surface area (Å²) in [5.74, 6) is -1.23. The zero-order valence-corrected chi connectivity index (χ0v) is 40.9. The van der Waals surface area contributed by atoms with Crippen molar-refractivity contribution in [1.29, 1.82) is 0 Å². The Hall–Kier alpha value is -8.47. The van der Waals surface area contributed by atoms with E-state index in [1.54, 1.807) is 0 Å². The summed E-state index contributed by atoms with van der Waals surface area (Å²) in [7, 11) is 0. The van der Waals surface area contributed by atoms with Gasteiger partial charge in [-0.25, -0.2) is 9.97 Å². The molecule has 1 saturated heterocycles. The Morgan fingerprint density at radius 1 is 0.446 bits per heavy atom. The van der Waals surface area contributed by atoms with Crippen molar-refractivity contribution in [2.24, 2.45) is 0 Å². The van der Waals surface area contributed by atoms with Crippen LogP contribution < -0.4 is 21.3 Å². The molecule has 1 fully saturated rings. The molecule has 16 heteroatoms. The van der Waals surface area contributed by atoms with Crippen molar-refractivity contribution in [3.05, 3.63) is 144 Å². The van der Waals surface area contributed by atoms with Crippen molar-refractivity contribution in [3.63, 3.8) is 0 Å². The average molecular weight is 1000 g/mol. The first-order chi connectivity index (χ1) is 36.2. The number of nitrogens with one attached hydrogen (secondary N) is 6. The summed E-state index contributed by atoms with van der Waals surface area (Å²) in [6.45, 7) is 3.27. The molecule has 74 heavy (non-hydrogen) atoms. The van der Waals surface area contributed by atoms with Crippen LogP contribution in [0.1, 0.15) is 22.8 Å². The van der Waals surface area contributed by atoms with Gasteiger partial charge in [0.1, 0.15) is 5.88 Å². The van der Waals surface area contributed by atoms with Crippen LogP contribution in [0.4, 0.5) is 22.7 Å². The number of nitrogens with zero attached hydrogens (tertiary/aromatic N) is 5. The molecular weight excluding hydrogens is 950 g/mol. The number of hydrogen-bond acceptors (Lipinski definition) is 9. The van der Waals surface area contributed by atoms with Gasteiger partial charge in [0.2, 0.25) is 23.6 Å². The second-order valence-electron chi connectivity index (χ2n) is 18.8. The smallest absolute Gasteiger partial charge is 0.239 e. The van der Waals surface area contributed by atoms with Crippen LogP contribution in [0.3, 0.4) is 0 Å². The van der Waals surface area contributed by atoms with Gasteiger partial charge in [0.25, 0.3) is 0 Å². The number of fused-ring (bicyclic) bond motifs is 16. The van der Waals surface area contributed by atoms with Crippen molar-refractivity contribution >= 4 is 104 Å². The summed E-state index contributed by atoms with van der Waals surface area (Å²) in [6, 6.07) is 38.8.